The Kier molecular flexibility index (Phi) is 9.10. The van der Waals surface area contributed by atoms with Crippen LogP contribution >= 0.6 is 15.9 Å². The minimum absolute atomic E-state index is 0. The van der Waals surface area contributed by atoms with Gasteiger partial charge >= 0.3 is 6.09 Å². The number of ether oxygens (including phenoxy) is 1. The Morgan fingerprint density at radius 3 is 2.03 bits per heavy atom. The van der Waals surface area contributed by atoms with Gasteiger partial charge in [-0.1, -0.05) is 19.6 Å². The molecule has 0 bridgehead atoms. The zero-order valence-electron chi connectivity index (χ0n) is 16.4. The van der Waals surface area contributed by atoms with Gasteiger partial charge in [0.1, 0.15) is 10.2 Å². The molecule has 0 fully saturated rings. The maximum Gasteiger partial charge on any atom is 0.405 e. The van der Waals surface area contributed by atoms with Gasteiger partial charge in [-0.05, 0) is 55.8 Å². The summed E-state index contributed by atoms with van der Waals surface area (Å²) in [7, 11) is 0. The van der Waals surface area contributed by atoms with Crippen molar-refractivity contribution < 1.29 is 9.53 Å². The van der Waals surface area contributed by atoms with Gasteiger partial charge in [0.15, 0.2) is 0 Å². The van der Waals surface area contributed by atoms with Crippen molar-refractivity contribution in [3.8, 4) is 0 Å². The molecule has 0 saturated carbocycles. The lowest BCUT2D eigenvalue weighted by Crippen LogP contribution is -2.27. The number of aromatic nitrogens is 4. The van der Waals surface area contributed by atoms with Gasteiger partial charge in [-0.3, -0.25) is 15.0 Å². The van der Waals surface area contributed by atoms with Gasteiger partial charge in [-0.15, -0.1) is 0 Å². The van der Waals surface area contributed by atoms with E-state index < -0.39 is 11.7 Å². The highest BCUT2D eigenvalue weighted by Crippen LogP contribution is 2.16. The van der Waals surface area contributed by atoms with Crippen molar-refractivity contribution in [2.75, 3.05) is 0 Å². The molecule has 0 unspecified atom stereocenters. The number of fused-ring (bicyclic) bond motifs is 2. The van der Waals surface area contributed by atoms with E-state index in [1.54, 1.807) is 27.0 Å². The van der Waals surface area contributed by atoms with Crippen LogP contribution in [0.15, 0.2) is 29.1 Å². The molecule has 8 heteroatoms. The molecular weight excluding hydrogens is 434 g/mol. The van der Waals surface area contributed by atoms with E-state index >= 15 is 0 Å². The van der Waals surface area contributed by atoms with Crippen LogP contribution in [0.25, 0.3) is 12.2 Å². The molecule has 2 N–H and O–H groups in total. The molecule has 0 spiro atoms. The molecule has 2 aromatic rings. The molecule has 29 heavy (non-hydrogen) atoms. The highest BCUT2D eigenvalue weighted by molar-refractivity contribution is 9.10. The zero-order valence-corrected chi connectivity index (χ0v) is 18.0. The van der Waals surface area contributed by atoms with Crippen molar-refractivity contribution in [3.05, 3.63) is 57.6 Å². The fourth-order valence-corrected chi connectivity index (χ4v) is 2.67. The molecule has 2 heterocycles. The fraction of sp³-hybridized carbons (Fsp3) is 0.381. The number of nitrogens with zero attached hydrogens (tertiary/aromatic N) is 4. The topological polar surface area (TPSA) is 104 Å². The number of hydrogen-bond acceptors (Lipinski definition) is 6. The monoisotopic (exact) mass is 461 g/mol. The fourth-order valence-electron chi connectivity index (χ4n) is 2.37. The molecular formula is C21H28BrN5O2. The molecule has 2 aliphatic carbocycles. The quantitative estimate of drug-likeness (QED) is 0.610. The van der Waals surface area contributed by atoms with Crippen molar-refractivity contribution in [2.24, 2.45) is 5.73 Å². The van der Waals surface area contributed by atoms with E-state index in [4.69, 9.17) is 5.73 Å². The Morgan fingerprint density at radius 2 is 1.55 bits per heavy atom. The number of hydrogen-bond donors (Lipinski definition) is 1. The summed E-state index contributed by atoms with van der Waals surface area (Å²) in [5.74, 6) is 0. The Bertz CT molecular complexity index is 843. The first-order valence-electron chi connectivity index (χ1n) is 8.79. The van der Waals surface area contributed by atoms with Crippen LogP contribution in [0.1, 0.15) is 56.7 Å². The van der Waals surface area contributed by atoms with Gasteiger partial charge in [-0.2, -0.15) is 0 Å². The van der Waals surface area contributed by atoms with Gasteiger partial charge in [0.05, 0.1) is 34.7 Å². The second-order valence-corrected chi connectivity index (χ2v) is 7.93. The maximum absolute atomic E-state index is 10.0. The van der Waals surface area contributed by atoms with Gasteiger partial charge in [-0.25, -0.2) is 9.78 Å². The standard InChI is InChI=1S/C8H8N2.C7H5BrN2.C5H11NO2.CH4/c1-6-5-9-7-3-2-4-8(7)10-6;8-7-4-9-5-2-1-3-6(5)10-7;1-5(2,3)8-4(6)7;/h2,4-5H,3H2,1H3;1,3-4H,2H2;1-3H3,(H2,6,7);1H4. The largest absolute Gasteiger partial charge is 0.444 e. The maximum atomic E-state index is 10.0. The van der Waals surface area contributed by atoms with E-state index in [0.29, 0.717) is 0 Å². The first-order chi connectivity index (χ1) is 13.1. The number of carbonyl (C=O) groups is 1. The first-order valence-corrected chi connectivity index (χ1v) is 9.59. The number of rotatable bonds is 0. The van der Waals surface area contributed by atoms with Crippen LogP contribution in [0.5, 0.6) is 0 Å². The van der Waals surface area contributed by atoms with Gasteiger partial charge in [0.2, 0.25) is 0 Å². The average molecular weight is 462 g/mol. The third-order valence-corrected chi connectivity index (χ3v) is 3.81. The van der Waals surface area contributed by atoms with E-state index in [2.05, 4.69) is 52.8 Å². The van der Waals surface area contributed by atoms with Crippen LogP contribution in [0.4, 0.5) is 4.79 Å². The molecule has 4 rings (SSSR count). The number of primary amides is 1. The Balaban J connectivity index is 0.000000216. The van der Waals surface area contributed by atoms with Crippen molar-refractivity contribution in [1.29, 1.82) is 0 Å². The third-order valence-electron chi connectivity index (χ3n) is 3.43. The lowest BCUT2D eigenvalue weighted by molar-refractivity contribution is 0.0600. The number of carbonyl (C=O) groups excluding carboxylic acids is 1. The molecule has 2 aromatic heterocycles. The van der Waals surface area contributed by atoms with E-state index in [0.717, 1.165) is 45.9 Å². The third kappa shape index (κ3) is 8.51. The second kappa shape index (κ2) is 10.8. The number of aryl methyl sites for hydroxylation is 1. The SMILES string of the molecule is Brc1cnc2c(n1)C=CC2.C.CC(C)(C)OC(N)=O.Cc1cnc2c(n1)C=CC2. The molecule has 0 saturated heterocycles. The predicted octanol–water partition coefficient (Wildman–Crippen LogP) is 4.68. The van der Waals surface area contributed by atoms with E-state index in [-0.39, 0.29) is 7.43 Å². The molecule has 0 aromatic carbocycles. The molecule has 7 nitrogen and oxygen atoms in total. The van der Waals surface area contributed by atoms with Crippen molar-refractivity contribution >= 4 is 34.2 Å². The van der Waals surface area contributed by atoms with Crippen molar-refractivity contribution in [2.45, 2.75) is 53.6 Å². The second-order valence-electron chi connectivity index (χ2n) is 7.11. The van der Waals surface area contributed by atoms with Crippen LogP contribution in [0, 0.1) is 6.92 Å². The summed E-state index contributed by atoms with van der Waals surface area (Å²) in [6.45, 7) is 7.24. The summed E-state index contributed by atoms with van der Waals surface area (Å²) in [5, 5.41) is 0. The van der Waals surface area contributed by atoms with Gasteiger partial charge in [0, 0.05) is 19.0 Å². The molecule has 0 aliphatic heterocycles. The van der Waals surface area contributed by atoms with Crippen LogP contribution in [-0.4, -0.2) is 31.6 Å². The van der Waals surface area contributed by atoms with Crippen LogP contribution < -0.4 is 5.73 Å². The highest BCUT2D eigenvalue weighted by atomic mass is 79.9. The molecule has 156 valence electrons. The normalized spacial score (nSPS) is 12.4. The van der Waals surface area contributed by atoms with Crippen molar-refractivity contribution in [3.63, 3.8) is 0 Å². The van der Waals surface area contributed by atoms with Crippen LogP contribution in [0.3, 0.4) is 0 Å². The molecule has 2 aliphatic rings. The van der Waals surface area contributed by atoms with Crippen LogP contribution in [-0.2, 0) is 17.6 Å². The van der Waals surface area contributed by atoms with E-state index in [9.17, 15) is 4.79 Å². The average Bonchev–Trinajstić information content (AvgIpc) is 3.21. The summed E-state index contributed by atoms with van der Waals surface area (Å²) in [4.78, 5) is 27.0. The number of amides is 1. The Hall–Kier alpha value is -2.61. The van der Waals surface area contributed by atoms with E-state index in [1.165, 1.54) is 0 Å². The number of halogens is 1. The van der Waals surface area contributed by atoms with Crippen LogP contribution in [0.2, 0.25) is 0 Å². The van der Waals surface area contributed by atoms with Gasteiger partial charge in [0.25, 0.3) is 0 Å². The Morgan fingerprint density at radius 1 is 1.03 bits per heavy atom. The number of allylic oxidation sites excluding steroid dienone is 2. The smallest absolute Gasteiger partial charge is 0.405 e. The molecule has 0 radical (unpaired) electrons. The summed E-state index contributed by atoms with van der Waals surface area (Å²) in [6.07, 6.45) is 12.9. The summed E-state index contributed by atoms with van der Waals surface area (Å²) in [6, 6.07) is 0. The predicted molar refractivity (Wildman–Crippen MR) is 119 cm³/mol. The molecule has 0 atom stereocenters. The summed E-state index contributed by atoms with van der Waals surface area (Å²) >= 11 is 3.26. The highest BCUT2D eigenvalue weighted by Gasteiger charge is 2.12. The minimum Gasteiger partial charge on any atom is -0.444 e. The number of nitrogens with two attached hydrogens (primary N) is 1. The summed E-state index contributed by atoms with van der Waals surface area (Å²) in [5.41, 5.74) is 9.47. The summed E-state index contributed by atoms with van der Waals surface area (Å²) < 4.78 is 5.38. The van der Waals surface area contributed by atoms with E-state index in [1.807, 2.05) is 25.3 Å². The Labute approximate surface area is 180 Å². The van der Waals surface area contributed by atoms with Gasteiger partial charge < -0.3 is 10.5 Å². The first kappa shape index (κ1) is 24.4. The zero-order chi connectivity index (χ0) is 20.7. The minimum atomic E-state index is -0.725. The van der Waals surface area contributed by atoms with Crippen molar-refractivity contribution in [1.82, 2.24) is 19.9 Å². The lowest BCUT2D eigenvalue weighted by Gasteiger charge is -2.16. The lowest BCUT2D eigenvalue weighted by atomic mass is 10.2. The molecule has 1 amide bonds.